The van der Waals surface area contributed by atoms with Gasteiger partial charge in [0, 0.05) is 37.1 Å². The molecule has 4 bridgehead atoms. The number of nitrogens with one attached hydrogen (secondary N) is 1. The van der Waals surface area contributed by atoms with Gasteiger partial charge in [-0.3, -0.25) is 9.69 Å². The predicted octanol–water partition coefficient (Wildman–Crippen LogP) is 4.14. The van der Waals surface area contributed by atoms with Gasteiger partial charge >= 0.3 is 0 Å². The van der Waals surface area contributed by atoms with Crippen molar-refractivity contribution >= 4 is 30.7 Å². The molecule has 0 aromatic heterocycles. The zero-order valence-electron chi connectivity index (χ0n) is 21.2. The van der Waals surface area contributed by atoms with Crippen molar-refractivity contribution in [1.82, 2.24) is 15.1 Å². The van der Waals surface area contributed by atoms with Crippen molar-refractivity contribution in [3.63, 3.8) is 0 Å². The monoisotopic (exact) mass is 533 g/mol. The van der Waals surface area contributed by atoms with Crippen LogP contribution in [0.15, 0.2) is 18.2 Å². The summed E-state index contributed by atoms with van der Waals surface area (Å²) in [7, 11) is 0. The first-order valence-electron chi connectivity index (χ1n) is 14.2. The van der Waals surface area contributed by atoms with Gasteiger partial charge in [0.15, 0.2) is 0 Å². The summed E-state index contributed by atoms with van der Waals surface area (Å²) in [6, 6.07) is 7.35. The van der Waals surface area contributed by atoms with E-state index in [0.29, 0.717) is 41.0 Å². The number of likely N-dealkylation sites (tertiary alicyclic amines) is 2. The Balaban J connectivity index is 0.00000120. The number of carbonyl (C=O) groups excluding carboxylic acids is 1. The van der Waals surface area contributed by atoms with Crippen LogP contribution >= 0.6 is 24.8 Å². The molecule has 8 rings (SSSR count). The third kappa shape index (κ3) is 3.18. The van der Waals surface area contributed by atoms with Gasteiger partial charge < -0.3 is 15.3 Å². The van der Waals surface area contributed by atoms with Gasteiger partial charge in [-0.2, -0.15) is 0 Å². The van der Waals surface area contributed by atoms with Crippen LogP contribution < -0.4 is 5.32 Å². The third-order valence-electron chi connectivity index (χ3n) is 11.7. The lowest BCUT2D eigenvalue weighted by Gasteiger charge is -2.66. The summed E-state index contributed by atoms with van der Waals surface area (Å²) in [5.74, 6) is 3.18. The molecule has 7 atom stereocenters. The molecule has 3 saturated heterocycles. The Kier molecular flexibility index (Phi) is 6.15. The van der Waals surface area contributed by atoms with E-state index in [1.807, 2.05) is 6.07 Å². The number of phenols is 1. The summed E-state index contributed by atoms with van der Waals surface area (Å²) in [5.41, 5.74) is 3.45. The van der Waals surface area contributed by atoms with Crippen molar-refractivity contribution in [2.45, 2.75) is 75.3 Å². The van der Waals surface area contributed by atoms with E-state index in [1.54, 1.807) is 0 Å². The van der Waals surface area contributed by atoms with Crippen molar-refractivity contribution < 1.29 is 9.90 Å². The Morgan fingerprint density at radius 3 is 2.78 bits per heavy atom. The Bertz CT molecular complexity index is 1040. The number of phenolic OH excluding ortho intramolecular Hbond substituents is 1. The smallest absolute Gasteiger partial charge is 0.227 e. The largest absolute Gasteiger partial charge is 0.508 e. The summed E-state index contributed by atoms with van der Waals surface area (Å²) >= 11 is 0. The van der Waals surface area contributed by atoms with E-state index >= 15 is 0 Å². The fourth-order valence-electron chi connectivity index (χ4n) is 10.5. The average Bonchev–Trinajstić information content (AvgIpc) is 3.55. The number of fused-ring (bicyclic) bond motifs is 1. The first-order valence-corrected chi connectivity index (χ1v) is 14.2. The fraction of sp³-hybridized carbons (Fsp3) is 0.759. The van der Waals surface area contributed by atoms with Crippen molar-refractivity contribution in [3.05, 3.63) is 29.3 Å². The molecule has 198 valence electrons. The highest BCUT2D eigenvalue weighted by molar-refractivity contribution is 5.85. The minimum Gasteiger partial charge on any atom is -0.508 e. The molecule has 3 saturated carbocycles. The second-order valence-electron chi connectivity index (χ2n) is 13.0. The Morgan fingerprint density at radius 2 is 2.00 bits per heavy atom. The number of nitrogens with zero attached hydrogens (tertiary/aromatic N) is 2. The zero-order chi connectivity index (χ0) is 22.7. The van der Waals surface area contributed by atoms with Crippen molar-refractivity contribution in [1.29, 1.82) is 0 Å². The van der Waals surface area contributed by atoms with Crippen LogP contribution in [0.3, 0.4) is 0 Å². The van der Waals surface area contributed by atoms with Crippen LogP contribution in [0.2, 0.25) is 0 Å². The summed E-state index contributed by atoms with van der Waals surface area (Å²) in [4.78, 5) is 19.0. The first kappa shape index (κ1) is 25.3. The molecule has 5 unspecified atom stereocenters. The molecule has 36 heavy (non-hydrogen) atoms. The molecule has 2 N–H and O–H groups in total. The lowest BCUT2D eigenvalue weighted by molar-refractivity contribution is -0.144. The highest BCUT2D eigenvalue weighted by Crippen LogP contribution is 2.75. The molecule has 7 heteroatoms. The third-order valence-corrected chi connectivity index (χ3v) is 11.7. The fourth-order valence-corrected chi connectivity index (χ4v) is 10.5. The molecule has 6 fully saturated rings. The van der Waals surface area contributed by atoms with E-state index in [-0.39, 0.29) is 36.1 Å². The molecular formula is C29H41Cl2N3O2. The minimum atomic E-state index is 0. The number of hydrogen-bond acceptors (Lipinski definition) is 4. The Hall–Kier alpha value is -1.01. The lowest BCUT2D eigenvalue weighted by atomic mass is 9.43. The molecule has 4 aliphatic carbocycles. The zero-order valence-corrected chi connectivity index (χ0v) is 22.8. The summed E-state index contributed by atoms with van der Waals surface area (Å²) in [5, 5.41) is 14.1. The maximum Gasteiger partial charge on any atom is 0.227 e. The molecular weight excluding hydrogens is 493 g/mol. The van der Waals surface area contributed by atoms with Gasteiger partial charge in [-0.1, -0.05) is 6.07 Å². The lowest BCUT2D eigenvalue weighted by Crippen LogP contribution is -2.70. The van der Waals surface area contributed by atoms with Crippen LogP contribution in [0.4, 0.5) is 0 Å². The van der Waals surface area contributed by atoms with Gasteiger partial charge in [0.25, 0.3) is 0 Å². The van der Waals surface area contributed by atoms with Crippen molar-refractivity contribution in [2.24, 2.45) is 29.1 Å². The number of aromatic hydroxyl groups is 1. The highest BCUT2D eigenvalue weighted by Gasteiger charge is 2.76. The van der Waals surface area contributed by atoms with E-state index in [2.05, 4.69) is 27.2 Å². The molecule has 3 aliphatic heterocycles. The molecule has 5 nitrogen and oxygen atoms in total. The molecule has 3 heterocycles. The number of halogens is 2. The molecule has 7 aliphatic rings. The van der Waals surface area contributed by atoms with Crippen LogP contribution in [0.25, 0.3) is 0 Å². The number of piperidine rings is 2. The summed E-state index contributed by atoms with van der Waals surface area (Å²) < 4.78 is 0. The molecule has 1 aromatic rings. The van der Waals surface area contributed by atoms with Crippen LogP contribution in [-0.2, 0) is 16.6 Å². The van der Waals surface area contributed by atoms with Gasteiger partial charge in [-0.05, 0) is 117 Å². The predicted molar refractivity (Wildman–Crippen MR) is 145 cm³/mol. The van der Waals surface area contributed by atoms with Crippen molar-refractivity contribution in [2.75, 3.05) is 32.7 Å². The van der Waals surface area contributed by atoms with E-state index in [9.17, 15) is 9.90 Å². The number of amides is 1. The van der Waals surface area contributed by atoms with Crippen molar-refractivity contribution in [3.8, 4) is 5.75 Å². The number of rotatable bonds is 3. The number of hydrogen-bond donors (Lipinski definition) is 2. The molecule has 1 amide bonds. The molecule has 1 aromatic carbocycles. The Morgan fingerprint density at radius 1 is 1.14 bits per heavy atom. The van der Waals surface area contributed by atoms with E-state index < -0.39 is 0 Å². The minimum absolute atomic E-state index is 0. The standard InChI is InChI=1S/C29H39N3O2.2ClH/c33-22-6-5-19-12-25-28-8-7-24-26(21(14-28)17-32(24)27(34)20-2-1-10-30-15-20)29(28,23(19)13-22)9-11-31(25)16-18-3-4-18;;/h5-6,13,18,20-21,24-26,30,33H,1-4,7-12,14-17H2;2*1H/t20-,21+,24?,25?,26?,28?,29?;;/m0../s1. The summed E-state index contributed by atoms with van der Waals surface area (Å²) in [6.07, 6.45) is 11.1. The average molecular weight is 535 g/mol. The maximum atomic E-state index is 13.8. The van der Waals surface area contributed by atoms with Gasteiger partial charge in [0.05, 0.1) is 5.92 Å². The Labute approximate surface area is 227 Å². The molecule has 0 spiro atoms. The number of benzene rings is 1. The van der Waals surface area contributed by atoms with Gasteiger partial charge in [-0.25, -0.2) is 0 Å². The normalized spacial score (nSPS) is 42.1. The van der Waals surface area contributed by atoms with Crippen LogP contribution in [0.1, 0.15) is 62.5 Å². The van der Waals surface area contributed by atoms with Gasteiger partial charge in [0.2, 0.25) is 5.91 Å². The van der Waals surface area contributed by atoms with Gasteiger partial charge in [-0.15, -0.1) is 24.8 Å². The van der Waals surface area contributed by atoms with E-state index in [0.717, 1.165) is 44.8 Å². The summed E-state index contributed by atoms with van der Waals surface area (Å²) in [6.45, 7) is 5.41. The molecule has 0 radical (unpaired) electrons. The van der Waals surface area contributed by atoms with E-state index in [1.165, 1.54) is 62.7 Å². The van der Waals surface area contributed by atoms with Crippen LogP contribution in [0, 0.1) is 29.1 Å². The quantitative estimate of drug-likeness (QED) is 0.612. The SMILES string of the molecule is Cl.Cl.O=C([C@H]1CCCNC1)N1C[C@H]2CC34CCC1C2C31CCN(CC2CC2)C4Cc2ccc(O)cc21. The highest BCUT2D eigenvalue weighted by atomic mass is 35.5. The topological polar surface area (TPSA) is 55.8 Å². The van der Waals surface area contributed by atoms with Crippen LogP contribution in [0.5, 0.6) is 5.75 Å². The van der Waals surface area contributed by atoms with Gasteiger partial charge in [0.1, 0.15) is 5.75 Å². The van der Waals surface area contributed by atoms with Crippen LogP contribution in [-0.4, -0.2) is 65.6 Å². The first-order chi connectivity index (χ1) is 16.6. The second kappa shape index (κ2) is 8.76. The second-order valence-corrected chi connectivity index (χ2v) is 13.0. The van der Waals surface area contributed by atoms with E-state index in [4.69, 9.17) is 0 Å². The maximum absolute atomic E-state index is 13.8. The number of carbonyl (C=O) groups is 1.